The Kier molecular flexibility index (Phi) is 8.03. The number of ether oxygens (including phenoxy) is 1. The Morgan fingerprint density at radius 3 is 2.52 bits per heavy atom. The number of anilines is 1. The topological polar surface area (TPSA) is 21.7 Å². The van der Waals surface area contributed by atoms with Crippen LogP contribution in [0.15, 0.2) is 53.0 Å². The standard InChI is InChI=1S/C15H16BrNO2S.H2S/c1-17(20-18-2)14-10-13(16)8-9-15(14)19-11-12-6-4-3-5-7-12;/h3-10H,11H2,1-2H3;1H2. The van der Waals surface area contributed by atoms with Crippen molar-refractivity contribution in [2.75, 3.05) is 18.5 Å². The van der Waals surface area contributed by atoms with Gasteiger partial charge in [-0.1, -0.05) is 46.3 Å². The van der Waals surface area contributed by atoms with Crippen molar-refractivity contribution in [2.45, 2.75) is 6.61 Å². The minimum atomic E-state index is 0. The largest absolute Gasteiger partial charge is 0.487 e. The summed E-state index contributed by atoms with van der Waals surface area (Å²) in [6.45, 7) is 0.543. The molecule has 0 spiro atoms. The Morgan fingerprint density at radius 2 is 1.86 bits per heavy atom. The van der Waals surface area contributed by atoms with Crippen molar-refractivity contribution in [3.8, 4) is 5.75 Å². The van der Waals surface area contributed by atoms with Crippen LogP contribution in [0.1, 0.15) is 5.56 Å². The minimum absolute atomic E-state index is 0. The third-order valence-electron chi connectivity index (χ3n) is 2.68. The molecule has 0 N–H and O–H groups in total. The Hall–Kier alpha value is -0.820. The van der Waals surface area contributed by atoms with Crippen LogP contribution in [0.3, 0.4) is 0 Å². The maximum absolute atomic E-state index is 5.91. The van der Waals surface area contributed by atoms with E-state index in [1.807, 2.05) is 59.9 Å². The molecule has 0 aromatic heterocycles. The molecular formula is C15H18BrNO2S2. The summed E-state index contributed by atoms with van der Waals surface area (Å²) in [4.78, 5) is 0. The molecule has 6 heteroatoms. The molecule has 2 aromatic rings. The van der Waals surface area contributed by atoms with Crippen LogP contribution in [0, 0.1) is 0 Å². The van der Waals surface area contributed by atoms with E-state index in [1.165, 1.54) is 12.2 Å². The van der Waals surface area contributed by atoms with Gasteiger partial charge in [-0.3, -0.25) is 8.49 Å². The summed E-state index contributed by atoms with van der Waals surface area (Å²) in [7, 11) is 3.58. The lowest BCUT2D eigenvalue weighted by molar-refractivity contribution is 0.307. The third-order valence-corrected chi connectivity index (χ3v) is 3.75. The number of hydrogen-bond acceptors (Lipinski definition) is 4. The van der Waals surface area contributed by atoms with E-state index in [2.05, 4.69) is 15.9 Å². The van der Waals surface area contributed by atoms with Gasteiger partial charge in [-0.15, -0.1) is 0 Å². The number of rotatable bonds is 6. The maximum atomic E-state index is 5.91. The molecule has 0 bridgehead atoms. The van der Waals surface area contributed by atoms with Crippen molar-refractivity contribution < 1.29 is 8.92 Å². The Morgan fingerprint density at radius 1 is 1.14 bits per heavy atom. The Bertz CT molecular complexity index is 555. The molecule has 0 aliphatic rings. The maximum Gasteiger partial charge on any atom is 0.144 e. The quantitative estimate of drug-likeness (QED) is 0.524. The van der Waals surface area contributed by atoms with Gasteiger partial charge in [-0.05, 0) is 23.8 Å². The molecule has 0 atom stereocenters. The lowest BCUT2D eigenvalue weighted by Gasteiger charge is -2.20. The number of hydrogen-bond donors (Lipinski definition) is 0. The molecule has 0 aliphatic carbocycles. The van der Waals surface area contributed by atoms with E-state index in [9.17, 15) is 0 Å². The zero-order valence-corrected chi connectivity index (χ0v) is 15.3. The normalized spacial score (nSPS) is 9.86. The van der Waals surface area contributed by atoms with Crippen LogP contribution in [-0.2, 0) is 10.8 Å². The van der Waals surface area contributed by atoms with Crippen LogP contribution in [-0.4, -0.2) is 14.2 Å². The fourth-order valence-electron chi connectivity index (χ4n) is 1.75. The molecule has 0 aliphatic heterocycles. The van der Waals surface area contributed by atoms with Gasteiger partial charge in [-0.25, -0.2) is 0 Å². The highest BCUT2D eigenvalue weighted by molar-refractivity contribution is 9.10. The van der Waals surface area contributed by atoms with Gasteiger partial charge >= 0.3 is 0 Å². The van der Waals surface area contributed by atoms with Crippen LogP contribution in [0.5, 0.6) is 5.75 Å². The van der Waals surface area contributed by atoms with Crippen LogP contribution >= 0.6 is 41.7 Å². The molecule has 0 unspecified atom stereocenters. The summed E-state index contributed by atoms with van der Waals surface area (Å²) < 4.78 is 13.9. The molecule has 0 saturated heterocycles. The predicted molar refractivity (Wildman–Crippen MR) is 98.3 cm³/mol. The van der Waals surface area contributed by atoms with Crippen LogP contribution in [0.4, 0.5) is 5.69 Å². The number of halogens is 1. The van der Waals surface area contributed by atoms with E-state index in [4.69, 9.17) is 8.92 Å². The zero-order chi connectivity index (χ0) is 14.4. The smallest absolute Gasteiger partial charge is 0.144 e. The summed E-state index contributed by atoms with van der Waals surface area (Å²) in [6, 6.07) is 16.0. The fourth-order valence-corrected chi connectivity index (χ4v) is 2.54. The van der Waals surface area contributed by atoms with Crippen LogP contribution in [0.2, 0.25) is 0 Å². The molecular weight excluding hydrogens is 370 g/mol. The molecule has 0 saturated carbocycles. The Balaban J connectivity index is 0.00000220. The lowest BCUT2D eigenvalue weighted by atomic mass is 10.2. The van der Waals surface area contributed by atoms with E-state index in [-0.39, 0.29) is 13.5 Å². The molecule has 2 rings (SSSR count). The van der Waals surface area contributed by atoms with Crippen molar-refractivity contribution >= 4 is 47.3 Å². The van der Waals surface area contributed by atoms with E-state index in [0.29, 0.717) is 6.61 Å². The van der Waals surface area contributed by atoms with E-state index < -0.39 is 0 Å². The first-order chi connectivity index (χ1) is 9.70. The Labute approximate surface area is 145 Å². The second kappa shape index (κ2) is 9.25. The summed E-state index contributed by atoms with van der Waals surface area (Å²) in [5.41, 5.74) is 2.10. The van der Waals surface area contributed by atoms with E-state index in [0.717, 1.165) is 21.5 Å². The minimum Gasteiger partial charge on any atom is -0.487 e. The number of benzene rings is 2. The average Bonchev–Trinajstić information content (AvgIpc) is 2.47. The van der Waals surface area contributed by atoms with Gasteiger partial charge < -0.3 is 4.74 Å². The monoisotopic (exact) mass is 387 g/mol. The summed E-state index contributed by atoms with van der Waals surface area (Å²) in [5.74, 6) is 0.823. The van der Waals surface area contributed by atoms with Crippen molar-refractivity contribution in [2.24, 2.45) is 0 Å². The zero-order valence-electron chi connectivity index (χ0n) is 11.9. The highest BCUT2D eigenvalue weighted by atomic mass is 79.9. The van der Waals surface area contributed by atoms with E-state index >= 15 is 0 Å². The molecule has 114 valence electrons. The fraction of sp³-hybridized carbons (Fsp3) is 0.200. The molecule has 3 nitrogen and oxygen atoms in total. The lowest BCUT2D eigenvalue weighted by Crippen LogP contribution is -2.09. The molecule has 21 heavy (non-hydrogen) atoms. The van der Waals surface area contributed by atoms with Crippen LogP contribution < -0.4 is 9.04 Å². The SMILES string of the molecule is COSN(C)c1cc(Br)ccc1OCc1ccccc1.S. The third kappa shape index (κ3) is 5.47. The van der Waals surface area contributed by atoms with Crippen molar-refractivity contribution in [1.82, 2.24) is 0 Å². The van der Waals surface area contributed by atoms with Gasteiger partial charge in [0.15, 0.2) is 0 Å². The molecule has 0 radical (unpaired) electrons. The van der Waals surface area contributed by atoms with Crippen molar-refractivity contribution in [3.05, 3.63) is 58.6 Å². The first-order valence-electron chi connectivity index (χ1n) is 6.11. The van der Waals surface area contributed by atoms with Gasteiger partial charge in [0.05, 0.1) is 12.8 Å². The molecule has 2 aromatic carbocycles. The van der Waals surface area contributed by atoms with E-state index in [1.54, 1.807) is 7.11 Å². The summed E-state index contributed by atoms with van der Waals surface area (Å²) >= 11 is 4.74. The van der Waals surface area contributed by atoms with Crippen molar-refractivity contribution in [3.63, 3.8) is 0 Å². The highest BCUT2D eigenvalue weighted by Crippen LogP contribution is 2.34. The molecule has 0 amide bonds. The first kappa shape index (κ1) is 18.2. The average molecular weight is 388 g/mol. The second-order valence-corrected chi connectivity index (χ2v) is 6.07. The summed E-state index contributed by atoms with van der Waals surface area (Å²) in [5, 5.41) is 0. The van der Waals surface area contributed by atoms with Gasteiger partial charge in [0, 0.05) is 11.5 Å². The van der Waals surface area contributed by atoms with Gasteiger partial charge in [0.1, 0.15) is 24.6 Å². The van der Waals surface area contributed by atoms with Gasteiger partial charge in [0.25, 0.3) is 0 Å². The molecule has 0 heterocycles. The summed E-state index contributed by atoms with van der Waals surface area (Å²) in [6.07, 6.45) is 0. The highest BCUT2D eigenvalue weighted by Gasteiger charge is 2.10. The van der Waals surface area contributed by atoms with Gasteiger partial charge in [0.2, 0.25) is 0 Å². The second-order valence-electron chi connectivity index (χ2n) is 4.12. The molecule has 0 fully saturated rings. The predicted octanol–water partition coefficient (Wildman–Crippen LogP) is 4.79. The van der Waals surface area contributed by atoms with Crippen molar-refractivity contribution in [1.29, 1.82) is 0 Å². The van der Waals surface area contributed by atoms with Crippen LogP contribution in [0.25, 0.3) is 0 Å². The van der Waals surface area contributed by atoms with Gasteiger partial charge in [-0.2, -0.15) is 13.5 Å². The number of nitrogens with zero attached hydrogens (tertiary/aromatic N) is 1. The first-order valence-corrected chi connectivity index (χ1v) is 7.60.